The molecule has 0 radical (unpaired) electrons. The number of amides is 1. The molecule has 0 unspecified atom stereocenters. The molecule has 2 aromatic heterocycles. The number of hydrogen-bond acceptors (Lipinski definition) is 4. The fourth-order valence-corrected chi connectivity index (χ4v) is 2.29. The van der Waals surface area contributed by atoms with Gasteiger partial charge in [-0.2, -0.15) is 0 Å². The lowest BCUT2D eigenvalue weighted by Gasteiger charge is -2.02. The number of hydrogen-bond donors (Lipinski definition) is 3. The first-order valence-electron chi connectivity index (χ1n) is 5.93. The van der Waals surface area contributed by atoms with Crippen molar-refractivity contribution in [3.8, 4) is 11.8 Å². The second-order valence-electron chi connectivity index (χ2n) is 3.92. The average molecular weight is 287 g/mol. The topological polar surface area (TPSA) is 88.0 Å². The van der Waals surface area contributed by atoms with Gasteiger partial charge in [0.15, 0.2) is 0 Å². The molecule has 0 aliphatic carbocycles. The lowest BCUT2D eigenvalue weighted by atomic mass is 10.3. The molecule has 0 bridgehead atoms. The first-order chi connectivity index (χ1) is 9.69. The fraction of sp³-hybridized carbons (Fsp3) is 0.143. The molecule has 4 N–H and O–H groups in total. The summed E-state index contributed by atoms with van der Waals surface area (Å²) in [7, 11) is 0. The molecule has 0 saturated heterocycles. The maximum absolute atomic E-state index is 11.8. The number of nitrogens with two attached hydrogens (primary N) is 1. The summed E-state index contributed by atoms with van der Waals surface area (Å²) >= 11 is 1.51. The van der Waals surface area contributed by atoms with E-state index < -0.39 is 0 Å². The van der Waals surface area contributed by atoms with E-state index in [9.17, 15) is 9.59 Å². The zero-order valence-corrected chi connectivity index (χ0v) is 11.4. The molecule has 1 amide bonds. The van der Waals surface area contributed by atoms with Crippen molar-refractivity contribution in [1.82, 2.24) is 10.3 Å². The van der Waals surface area contributed by atoms with E-state index in [1.165, 1.54) is 17.4 Å². The molecule has 0 spiro atoms. The van der Waals surface area contributed by atoms with Gasteiger partial charge in [-0.1, -0.05) is 17.9 Å². The van der Waals surface area contributed by atoms with Gasteiger partial charge in [0.05, 0.1) is 13.1 Å². The van der Waals surface area contributed by atoms with E-state index in [2.05, 4.69) is 22.1 Å². The van der Waals surface area contributed by atoms with Crippen molar-refractivity contribution in [2.75, 3.05) is 6.54 Å². The summed E-state index contributed by atoms with van der Waals surface area (Å²) in [6.07, 6.45) is 0. The third-order valence-electron chi connectivity index (χ3n) is 2.42. The smallest absolute Gasteiger partial charge is 0.268 e. The number of pyridine rings is 1. The van der Waals surface area contributed by atoms with Gasteiger partial charge in [0.1, 0.15) is 5.69 Å². The largest absolute Gasteiger partial charge is 0.346 e. The van der Waals surface area contributed by atoms with Crippen LogP contribution < -0.4 is 16.6 Å². The molecule has 2 heterocycles. The first kappa shape index (κ1) is 14.1. The van der Waals surface area contributed by atoms with Crippen LogP contribution in [-0.2, 0) is 6.54 Å². The van der Waals surface area contributed by atoms with Gasteiger partial charge < -0.3 is 16.0 Å². The van der Waals surface area contributed by atoms with Crippen LogP contribution in [0.1, 0.15) is 20.9 Å². The van der Waals surface area contributed by atoms with Crippen LogP contribution >= 0.6 is 11.3 Å². The van der Waals surface area contributed by atoms with Crippen LogP contribution in [0.5, 0.6) is 0 Å². The minimum Gasteiger partial charge on any atom is -0.346 e. The SMILES string of the molecule is NCC#Cc1csc(CNC(=O)c2cccc(=O)[nH]2)c1. The summed E-state index contributed by atoms with van der Waals surface area (Å²) in [5.74, 6) is 5.38. The molecule has 0 saturated carbocycles. The number of rotatable bonds is 3. The Labute approximate surface area is 119 Å². The van der Waals surface area contributed by atoms with Crippen molar-refractivity contribution in [1.29, 1.82) is 0 Å². The minimum atomic E-state index is -0.314. The number of aromatic nitrogens is 1. The molecule has 0 aromatic carbocycles. The standard InChI is InChI=1S/C14H13N3O2S/c15-6-2-3-10-7-11(20-9-10)8-16-14(19)12-4-1-5-13(18)17-12/h1,4-5,7,9H,6,8,15H2,(H,16,19)(H,17,18). The van der Waals surface area contributed by atoms with Crippen LogP contribution in [-0.4, -0.2) is 17.4 Å². The quantitative estimate of drug-likeness (QED) is 0.725. The van der Waals surface area contributed by atoms with E-state index in [4.69, 9.17) is 5.73 Å². The van der Waals surface area contributed by atoms with Crippen LogP contribution in [0.3, 0.4) is 0 Å². The Bertz CT molecular complexity index is 722. The van der Waals surface area contributed by atoms with Gasteiger partial charge in [-0.15, -0.1) is 11.3 Å². The van der Waals surface area contributed by atoms with Crippen molar-refractivity contribution in [2.45, 2.75) is 6.54 Å². The Balaban J connectivity index is 1.96. The number of H-pyrrole nitrogens is 1. The van der Waals surface area contributed by atoms with Gasteiger partial charge in [0.25, 0.3) is 5.91 Å². The van der Waals surface area contributed by atoms with E-state index in [1.807, 2.05) is 11.4 Å². The molecule has 0 fully saturated rings. The predicted octanol–water partition coefficient (Wildman–Crippen LogP) is 0.677. The van der Waals surface area contributed by atoms with Gasteiger partial charge in [-0.25, -0.2) is 0 Å². The van der Waals surface area contributed by atoms with Crippen molar-refractivity contribution in [3.05, 3.63) is 56.1 Å². The van der Waals surface area contributed by atoms with Gasteiger partial charge in [-0.05, 0) is 12.1 Å². The van der Waals surface area contributed by atoms with Crippen LogP contribution in [0.4, 0.5) is 0 Å². The molecule has 5 nitrogen and oxygen atoms in total. The summed E-state index contributed by atoms with van der Waals surface area (Å²) in [5.41, 5.74) is 6.14. The average Bonchev–Trinajstić information content (AvgIpc) is 2.90. The summed E-state index contributed by atoms with van der Waals surface area (Å²) in [6.45, 7) is 0.716. The van der Waals surface area contributed by atoms with Crippen molar-refractivity contribution < 1.29 is 4.79 Å². The highest BCUT2D eigenvalue weighted by molar-refractivity contribution is 7.10. The van der Waals surface area contributed by atoms with E-state index in [-0.39, 0.29) is 17.2 Å². The predicted molar refractivity (Wildman–Crippen MR) is 78.5 cm³/mol. The van der Waals surface area contributed by atoms with Crippen LogP contribution in [0.15, 0.2) is 34.4 Å². The fourth-order valence-electron chi connectivity index (χ4n) is 1.53. The maximum atomic E-state index is 11.8. The van der Waals surface area contributed by atoms with Crippen LogP contribution in [0.2, 0.25) is 0 Å². The van der Waals surface area contributed by atoms with E-state index in [0.29, 0.717) is 13.1 Å². The molecule has 0 aliphatic rings. The highest BCUT2D eigenvalue weighted by Crippen LogP contribution is 2.13. The number of nitrogens with one attached hydrogen (secondary N) is 2. The summed E-state index contributed by atoms with van der Waals surface area (Å²) in [5, 5.41) is 4.65. The van der Waals surface area contributed by atoms with Gasteiger partial charge in [-0.3, -0.25) is 9.59 Å². The van der Waals surface area contributed by atoms with Crippen molar-refractivity contribution in [2.24, 2.45) is 5.73 Å². The van der Waals surface area contributed by atoms with Crippen molar-refractivity contribution >= 4 is 17.2 Å². The molecule has 2 aromatic rings. The summed E-state index contributed by atoms with van der Waals surface area (Å²) in [6, 6.07) is 6.36. The van der Waals surface area contributed by atoms with Gasteiger partial charge in [0, 0.05) is 21.9 Å². The highest BCUT2D eigenvalue weighted by Gasteiger charge is 2.06. The number of carbonyl (C=O) groups excluding carboxylic acids is 1. The Hall–Kier alpha value is -2.36. The second kappa shape index (κ2) is 6.70. The Kier molecular flexibility index (Phi) is 4.71. The third-order valence-corrected chi connectivity index (χ3v) is 3.36. The van der Waals surface area contributed by atoms with E-state index in [1.54, 1.807) is 12.1 Å². The third kappa shape index (κ3) is 3.82. The second-order valence-corrected chi connectivity index (χ2v) is 4.91. The lowest BCUT2D eigenvalue weighted by Crippen LogP contribution is -2.25. The Morgan fingerprint density at radius 3 is 3.05 bits per heavy atom. The van der Waals surface area contributed by atoms with Gasteiger partial charge >= 0.3 is 0 Å². The molecule has 102 valence electrons. The zero-order chi connectivity index (χ0) is 14.4. The molecular weight excluding hydrogens is 274 g/mol. The molecule has 6 heteroatoms. The number of thiophene rings is 1. The van der Waals surface area contributed by atoms with Crippen LogP contribution in [0.25, 0.3) is 0 Å². The zero-order valence-electron chi connectivity index (χ0n) is 10.6. The van der Waals surface area contributed by atoms with E-state index in [0.717, 1.165) is 10.4 Å². The monoisotopic (exact) mass is 287 g/mol. The minimum absolute atomic E-state index is 0.247. The van der Waals surface area contributed by atoms with Crippen molar-refractivity contribution in [3.63, 3.8) is 0 Å². The normalized spacial score (nSPS) is 9.65. The molecule has 20 heavy (non-hydrogen) atoms. The first-order valence-corrected chi connectivity index (χ1v) is 6.81. The van der Waals surface area contributed by atoms with E-state index >= 15 is 0 Å². The molecule has 0 atom stereocenters. The van der Waals surface area contributed by atoms with Gasteiger partial charge in [0.2, 0.25) is 5.56 Å². The lowest BCUT2D eigenvalue weighted by molar-refractivity contribution is 0.0946. The Morgan fingerprint density at radius 1 is 1.45 bits per heavy atom. The Morgan fingerprint density at radius 2 is 2.30 bits per heavy atom. The molecule has 0 aliphatic heterocycles. The summed E-state index contributed by atoms with van der Waals surface area (Å²) in [4.78, 5) is 26.4. The maximum Gasteiger partial charge on any atom is 0.268 e. The molecule has 2 rings (SSSR count). The number of aromatic amines is 1. The highest BCUT2D eigenvalue weighted by atomic mass is 32.1. The summed E-state index contributed by atoms with van der Waals surface area (Å²) < 4.78 is 0. The molecular formula is C14H13N3O2S. The number of carbonyl (C=O) groups is 1. The van der Waals surface area contributed by atoms with Crippen LogP contribution in [0, 0.1) is 11.8 Å².